The van der Waals surface area contributed by atoms with Crippen LogP contribution in [0.2, 0.25) is 15.1 Å². The Labute approximate surface area is 172 Å². The van der Waals surface area contributed by atoms with Gasteiger partial charge in [0.05, 0.1) is 50.6 Å². The van der Waals surface area contributed by atoms with E-state index < -0.39 is 0 Å². The van der Waals surface area contributed by atoms with E-state index in [1.807, 2.05) is 37.6 Å². The smallest absolute Gasteiger partial charge is 0.246 e. The first-order valence-electron chi connectivity index (χ1n) is 8.22. The molecule has 0 saturated carbocycles. The number of nitrogens with zero attached hydrogens (tertiary/aromatic N) is 4. The zero-order valence-electron chi connectivity index (χ0n) is 15.1. The topological polar surface area (TPSA) is 64.7 Å². The second-order valence-electron chi connectivity index (χ2n) is 6.24. The van der Waals surface area contributed by atoms with Crippen LogP contribution < -0.4 is 5.32 Å². The molecule has 0 bridgehead atoms. The Bertz CT molecular complexity index is 1010. The molecule has 0 aliphatic carbocycles. The molecule has 1 aromatic carbocycles. The lowest BCUT2D eigenvalue weighted by Gasteiger charge is -2.09. The van der Waals surface area contributed by atoms with Crippen LogP contribution in [0.5, 0.6) is 0 Å². The quantitative estimate of drug-likeness (QED) is 0.646. The van der Waals surface area contributed by atoms with Crippen LogP contribution in [-0.2, 0) is 17.9 Å². The molecule has 2 aromatic heterocycles. The van der Waals surface area contributed by atoms with Gasteiger partial charge in [-0.2, -0.15) is 10.2 Å². The molecule has 0 fully saturated rings. The van der Waals surface area contributed by atoms with Crippen molar-refractivity contribution in [2.75, 3.05) is 5.32 Å². The Morgan fingerprint density at radius 3 is 2.41 bits per heavy atom. The molecular formula is C18H18Cl3N5O. The zero-order chi connectivity index (χ0) is 19.7. The number of hydrogen-bond donors (Lipinski definition) is 1. The van der Waals surface area contributed by atoms with Crippen molar-refractivity contribution in [2.45, 2.75) is 33.9 Å². The molecule has 2 heterocycles. The number of aryl methyl sites for hydroxylation is 1. The number of carbonyl (C=O) groups is 1. The van der Waals surface area contributed by atoms with Crippen LogP contribution in [0.3, 0.4) is 0 Å². The predicted octanol–water partition coefficient (Wildman–Crippen LogP) is 4.65. The van der Waals surface area contributed by atoms with Crippen molar-refractivity contribution in [1.82, 2.24) is 19.6 Å². The van der Waals surface area contributed by atoms with E-state index >= 15 is 0 Å². The summed E-state index contributed by atoms with van der Waals surface area (Å²) in [5, 5.41) is 13.1. The molecule has 1 amide bonds. The van der Waals surface area contributed by atoms with E-state index in [1.165, 1.54) is 6.20 Å². The number of nitrogens with one attached hydrogen (secondary N) is 1. The minimum atomic E-state index is -0.196. The third kappa shape index (κ3) is 4.29. The van der Waals surface area contributed by atoms with Crippen molar-refractivity contribution in [1.29, 1.82) is 0 Å². The number of halogens is 3. The fourth-order valence-corrected chi connectivity index (χ4v) is 3.20. The molecule has 6 nitrogen and oxygen atoms in total. The normalized spacial score (nSPS) is 11.0. The van der Waals surface area contributed by atoms with Crippen molar-refractivity contribution in [3.05, 3.63) is 62.1 Å². The summed E-state index contributed by atoms with van der Waals surface area (Å²) in [5.41, 5.74) is 3.99. The molecule has 0 spiro atoms. The average Bonchev–Trinajstić information content (AvgIpc) is 3.06. The van der Waals surface area contributed by atoms with Gasteiger partial charge in [-0.15, -0.1) is 0 Å². The largest absolute Gasteiger partial charge is 0.321 e. The Morgan fingerprint density at radius 2 is 1.78 bits per heavy atom. The molecular weight excluding hydrogens is 409 g/mol. The van der Waals surface area contributed by atoms with Crippen LogP contribution in [0, 0.1) is 20.8 Å². The zero-order valence-corrected chi connectivity index (χ0v) is 17.3. The third-order valence-corrected chi connectivity index (χ3v) is 5.41. The Balaban J connectivity index is 1.76. The van der Waals surface area contributed by atoms with E-state index in [9.17, 15) is 4.79 Å². The van der Waals surface area contributed by atoms with Gasteiger partial charge in [-0.1, -0.05) is 40.9 Å². The first-order valence-corrected chi connectivity index (χ1v) is 9.35. The molecule has 3 aromatic rings. The molecule has 1 N–H and O–H groups in total. The molecule has 0 radical (unpaired) electrons. The highest BCUT2D eigenvalue weighted by molar-refractivity contribution is 6.42. The molecule has 0 atom stereocenters. The molecule has 3 rings (SSSR count). The molecule has 0 unspecified atom stereocenters. The molecule has 0 saturated heterocycles. The van der Waals surface area contributed by atoms with Gasteiger partial charge in [-0.05, 0) is 38.5 Å². The van der Waals surface area contributed by atoms with Crippen LogP contribution >= 0.6 is 34.8 Å². The summed E-state index contributed by atoms with van der Waals surface area (Å²) in [6.07, 6.45) is 1.52. The number of anilines is 1. The molecule has 9 heteroatoms. The maximum atomic E-state index is 12.4. The lowest BCUT2D eigenvalue weighted by atomic mass is 10.2. The second kappa shape index (κ2) is 7.92. The minimum absolute atomic E-state index is 0.0788. The van der Waals surface area contributed by atoms with E-state index in [4.69, 9.17) is 34.8 Å². The molecule has 27 heavy (non-hydrogen) atoms. The van der Waals surface area contributed by atoms with Crippen molar-refractivity contribution in [3.63, 3.8) is 0 Å². The summed E-state index contributed by atoms with van der Waals surface area (Å²) in [6, 6.07) is 5.46. The monoisotopic (exact) mass is 425 g/mol. The number of amides is 1. The number of hydrogen-bond acceptors (Lipinski definition) is 3. The van der Waals surface area contributed by atoms with Crippen molar-refractivity contribution < 1.29 is 4.79 Å². The Morgan fingerprint density at radius 1 is 1.04 bits per heavy atom. The minimum Gasteiger partial charge on any atom is -0.321 e. The third-order valence-electron chi connectivity index (χ3n) is 4.30. The van der Waals surface area contributed by atoms with Crippen molar-refractivity contribution in [3.8, 4) is 0 Å². The fraction of sp³-hybridized carbons (Fsp3) is 0.278. The first kappa shape index (κ1) is 19.7. The van der Waals surface area contributed by atoms with Gasteiger partial charge in [0.15, 0.2) is 0 Å². The summed E-state index contributed by atoms with van der Waals surface area (Å²) >= 11 is 18.0. The van der Waals surface area contributed by atoms with Crippen LogP contribution in [0.15, 0.2) is 24.4 Å². The lowest BCUT2D eigenvalue weighted by molar-refractivity contribution is -0.116. The number of carbonyl (C=O) groups excluding carboxylic acids is 1. The van der Waals surface area contributed by atoms with Gasteiger partial charge in [0.1, 0.15) is 6.54 Å². The Hall–Kier alpha value is -2.02. The SMILES string of the molecule is Cc1nn(Cc2ccc(Cl)c(Cl)c2)c(C)c1NC(=O)Cn1ncc(Cl)c1C. The van der Waals surface area contributed by atoms with Crippen LogP contribution in [0.25, 0.3) is 0 Å². The summed E-state index contributed by atoms with van der Waals surface area (Å²) in [6.45, 7) is 6.17. The van der Waals surface area contributed by atoms with Crippen molar-refractivity contribution >= 4 is 46.4 Å². The first-order chi connectivity index (χ1) is 12.8. The summed E-state index contributed by atoms with van der Waals surface area (Å²) in [4.78, 5) is 12.4. The molecule has 0 aliphatic heterocycles. The number of aromatic nitrogens is 4. The second-order valence-corrected chi connectivity index (χ2v) is 7.46. The van der Waals surface area contributed by atoms with Crippen LogP contribution in [-0.4, -0.2) is 25.5 Å². The highest BCUT2D eigenvalue weighted by Gasteiger charge is 2.16. The molecule has 142 valence electrons. The van der Waals surface area contributed by atoms with E-state index in [0.29, 0.717) is 27.3 Å². The molecule has 0 aliphatic rings. The van der Waals surface area contributed by atoms with Gasteiger partial charge < -0.3 is 5.32 Å². The number of benzene rings is 1. The van der Waals surface area contributed by atoms with Gasteiger partial charge in [0.25, 0.3) is 0 Å². The summed E-state index contributed by atoms with van der Waals surface area (Å²) < 4.78 is 3.38. The highest BCUT2D eigenvalue weighted by Crippen LogP contribution is 2.25. The summed E-state index contributed by atoms with van der Waals surface area (Å²) in [5.74, 6) is -0.196. The Kier molecular flexibility index (Phi) is 5.79. The standard InChI is InChI=1S/C18H18Cl3N5O/c1-10-18(23-17(27)9-25-11(2)16(21)7-22-25)12(3)26(24-10)8-13-4-5-14(19)15(20)6-13/h4-7H,8-9H2,1-3H3,(H,23,27). The van der Waals surface area contributed by atoms with Gasteiger partial charge in [-0.3, -0.25) is 14.2 Å². The highest BCUT2D eigenvalue weighted by atomic mass is 35.5. The van der Waals surface area contributed by atoms with Gasteiger partial charge in [0, 0.05) is 0 Å². The number of rotatable bonds is 5. The van der Waals surface area contributed by atoms with Crippen LogP contribution in [0.1, 0.15) is 22.6 Å². The maximum absolute atomic E-state index is 12.4. The van der Waals surface area contributed by atoms with E-state index in [2.05, 4.69) is 15.5 Å². The fourth-order valence-electron chi connectivity index (χ4n) is 2.74. The van der Waals surface area contributed by atoms with E-state index in [0.717, 1.165) is 22.6 Å². The average molecular weight is 427 g/mol. The van der Waals surface area contributed by atoms with Gasteiger partial charge in [-0.25, -0.2) is 0 Å². The van der Waals surface area contributed by atoms with E-state index in [-0.39, 0.29) is 12.5 Å². The maximum Gasteiger partial charge on any atom is 0.246 e. The van der Waals surface area contributed by atoms with Crippen molar-refractivity contribution in [2.24, 2.45) is 0 Å². The van der Waals surface area contributed by atoms with E-state index in [1.54, 1.807) is 10.7 Å². The van der Waals surface area contributed by atoms with Gasteiger partial charge in [0.2, 0.25) is 5.91 Å². The lowest BCUT2D eigenvalue weighted by Crippen LogP contribution is -2.21. The van der Waals surface area contributed by atoms with Gasteiger partial charge >= 0.3 is 0 Å². The summed E-state index contributed by atoms with van der Waals surface area (Å²) in [7, 11) is 0. The van der Waals surface area contributed by atoms with Crippen LogP contribution in [0.4, 0.5) is 5.69 Å². The predicted molar refractivity (Wildman–Crippen MR) is 108 cm³/mol.